The number of carbonyl (C=O) groups excluding carboxylic acids is 5. The van der Waals surface area contributed by atoms with Gasteiger partial charge in [-0.15, -0.1) is 6.58 Å². The van der Waals surface area contributed by atoms with Gasteiger partial charge in [0.25, 0.3) is 5.91 Å². The van der Waals surface area contributed by atoms with Crippen molar-refractivity contribution in [2.24, 2.45) is 29.1 Å². The van der Waals surface area contributed by atoms with Gasteiger partial charge >= 0.3 is 0 Å². The minimum atomic E-state index is -0.985. The third kappa shape index (κ3) is 6.47. The number of benzene rings is 1. The fraction of sp³-hybridized carbons (Fsp3) is 0.629. The summed E-state index contributed by atoms with van der Waals surface area (Å²) in [5.74, 6) is -1.88. The molecule has 2 saturated carbocycles. The van der Waals surface area contributed by atoms with Gasteiger partial charge in [0.05, 0.1) is 6.04 Å². The summed E-state index contributed by atoms with van der Waals surface area (Å²) in [6.45, 7) is 10.2. The molecule has 1 unspecified atom stereocenters. The van der Waals surface area contributed by atoms with Gasteiger partial charge in [0.1, 0.15) is 12.1 Å². The molecule has 0 aromatic heterocycles. The average molecular weight is 605 g/mol. The molecular weight excluding hydrogens is 556 g/mol. The molecule has 1 aliphatic heterocycles. The van der Waals surface area contributed by atoms with E-state index in [0.717, 1.165) is 25.7 Å². The second-order valence-corrected chi connectivity index (χ2v) is 13.9. The summed E-state index contributed by atoms with van der Waals surface area (Å²) in [4.78, 5) is 68.9. The van der Waals surface area contributed by atoms with Crippen LogP contribution in [0.3, 0.4) is 0 Å². The van der Waals surface area contributed by atoms with Crippen molar-refractivity contribution in [1.82, 2.24) is 20.9 Å². The summed E-state index contributed by atoms with van der Waals surface area (Å²) in [7, 11) is 0. The number of fused-ring (bicyclic) bond motifs is 2. The molecule has 1 saturated heterocycles. The summed E-state index contributed by atoms with van der Waals surface area (Å²) < 4.78 is 0. The number of rotatable bonds is 13. The van der Waals surface area contributed by atoms with Crippen LogP contribution in [0.4, 0.5) is 0 Å². The van der Waals surface area contributed by atoms with Crippen molar-refractivity contribution < 1.29 is 24.0 Å². The monoisotopic (exact) mass is 604 g/mol. The molecule has 4 aliphatic rings. The van der Waals surface area contributed by atoms with E-state index in [1.807, 2.05) is 19.1 Å². The Morgan fingerprint density at radius 3 is 2.32 bits per heavy atom. The fourth-order valence-corrected chi connectivity index (χ4v) is 8.14. The van der Waals surface area contributed by atoms with Crippen LogP contribution in [0.2, 0.25) is 0 Å². The summed E-state index contributed by atoms with van der Waals surface area (Å²) >= 11 is 0. The molecule has 4 amide bonds. The Kier molecular flexibility index (Phi) is 9.61. The first-order valence-corrected chi connectivity index (χ1v) is 16.5. The Balaban J connectivity index is 1.36. The van der Waals surface area contributed by atoms with E-state index >= 15 is 0 Å². The zero-order valence-electron chi connectivity index (χ0n) is 26.4. The van der Waals surface area contributed by atoms with Crippen LogP contribution in [-0.2, 0) is 36.8 Å². The number of carbonyl (C=O) groups is 5. The van der Waals surface area contributed by atoms with Gasteiger partial charge < -0.3 is 20.9 Å². The molecule has 0 spiro atoms. The molecule has 9 nitrogen and oxygen atoms in total. The van der Waals surface area contributed by atoms with E-state index in [9.17, 15) is 24.0 Å². The summed E-state index contributed by atoms with van der Waals surface area (Å²) in [6.07, 6.45) is 8.53. The number of Topliss-reactive ketones (excluding diaryl/α,β-unsaturated/α-hetero) is 1. The Labute approximate surface area is 261 Å². The standard InChI is InChI=1S/C35H48N4O5/c1-5-11-26(31(41)33(43)36-16-6-2)37-32(42)30-28-25(35(28,3)4)20-39(30)34(44)29(38-27(40)17-21-12-7-8-13-21)24-18-22-14-9-10-15-23(22)19-24/h6,9-10,14-15,21,24-26,28-30H,2,5,7-8,11-13,16-20H2,1,3-4H3,(H,36,43)(H,37,42)(H,38,40)/t25-,26?,28-,29-,30-/m0/s1. The number of hydrogen-bond donors (Lipinski definition) is 3. The number of hydrogen-bond acceptors (Lipinski definition) is 5. The van der Waals surface area contributed by atoms with Crippen LogP contribution in [-0.4, -0.2) is 65.5 Å². The Hall–Kier alpha value is -3.49. The van der Waals surface area contributed by atoms with E-state index in [1.165, 1.54) is 17.2 Å². The molecule has 0 radical (unpaired) electrons. The lowest BCUT2D eigenvalue weighted by Gasteiger charge is -2.35. The van der Waals surface area contributed by atoms with Crippen molar-refractivity contribution >= 4 is 29.4 Å². The third-order valence-corrected chi connectivity index (χ3v) is 10.7. The predicted molar refractivity (Wildman–Crippen MR) is 167 cm³/mol. The van der Waals surface area contributed by atoms with E-state index < -0.39 is 35.7 Å². The van der Waals surface area contributed by atoms with Gasteiger partial charge in [0.2, 0.25) is 23.5 Å². The first-order chi connectivity index (χ1) is 21.1. The van der Waals surface area contributed by atoms with Crippen LogP contribution >= 0.6 is 0 Å². The largest absolute Gasteiger partial charge is 0.346 e. The number of likely N-dealkylation sites (tertiary alicyclic amines) is 1. The lowest BCUT2D eigenvalue weighted by atomic mass is 9.92. The third-order valence-electron chi connectivity index (χ3n) is 10.7. The maximum atomic E-state index is 14.5. The maximum absolute atomic E-state index is 14.5. The van der Waals surface area contributed by atoms with E-state index in [1.54, 1.807) is 4.90 Å². The summed E-state index contributed by atoms with van der Waals surface area (Å²) in [5.41, 5.74) is 2.25. The molecule has 5 atom stereocenters. The van der Waals surface area contributed by atoms with Crippen LogP contribution < -0.4 is 16.0 Å². The van der Waals surface area contributed by atoms with Gasteiger partial charge in [-0.3, -0.25) is 24.0 Å². The molecule has 238 valence electrons. The SMILES string of the molecule is C=CCNC(=O)C(=O)C(CCC)NC(=O)[C@@H]1[C@@H]2[C@H](CN1C(=O)[C@@H](NC(=O)CC1CCCC1)C1Cc3ccccc3C1)C2(C)C. The normalized spacial score (nSPS) is 25.0. The molecule has 3 aliphatic carbocycles. The molecule has 1 aromatic rings. The van der Waals surface area contributed by atoms with Crippen LogP contribution in [0, 0.1) is 29.1 Å². The van der Waals surface area contributed by atoms with Crippen molar-refractivity contribution in [2.75, 3.05) is 13.1 Å². The molecule has 9 heteroatoms. The van der Waals surface area contributed by atoms with Crippen LogP contribution in [0.5, 0.6) is 0 Å². The number of piperidine rings is 1. The molecule has 3 fully saturated rings. The molecule has 44 heavy (non-hydrogen) atoms. The van der Waals surface area contributed by atoms with Crippen molar-refractivity contribution in [3.63, 3.8) is 0 Å². The van der Waals surface area contributed by atoms with E-state index in [2.05, 4.69) is 48.5 Å². The van der Waals surface area contributed by atoms with Crippen LogP contribution in [0.15, 0.2) is 36.9 Å². The highest BCUT2D eigenvalue weighted by Crippen LogP contribution is 2.65. The van der Waals surface area contributed by atoms with Crippen LogP contribution in [0.1, 0.15) is 76.8 Å². The van der Waals surface area contributed by atoms with Gasteiger partial charge in [-0.2, -0.15) is 0 Å². The van der Waals surface area contributed by atoms with Gasteiger partial charge in [0.15, 0.2) is 0 Å². The van der Waals surface area contributed by atoms with E-state index in [-0.39, 0.29) is 41.5 Å². The highest BCUT2D eigenvalue weighted by Gasteiger charge is 2.69. The van der Waals surface area contributed by atoms with Gasteiger partial charge in [-0.05, 0) is 72.3 Å². The highest BCUT2D eigenvalue weighted by atomic mass is 16.2. The first kappa shape index (κ1) is 31.9. The first-order valence-electron chi connectivity index (χ1n) is 16.5. The Morgan fingerprint density at radius 2 is 1.70 bits per heavy atom. The van der Waals surface area contributed by atoms with Crippen molar-refractivity contribution in [3.8, 4) is 0 Å². The summed E-state index contributed by atoms with van der Waals surface area (Å²) in [5, 5.41) is 8.50. The second kappa shape index (κ2) is 13.2. The zero-order chi connectivity index (χ0) is 31.6. The van der Waals surface area contributed by atoms with Gasteiger partial charge in [-0.25, -0.2) is 0 Å². The quantitative estimate of drug-likeness (QED) is 0.236. The average Bonchev–Trinajstić information content (AvgIpc) is 3.57. The molecular formula is C35H48N4O5. The van der Waals surface area contributed by atoms with E-state index in [0.29, 0.717) is 44.6 Å². The highest BCUT2D eigenvalue weighted by molar-refractivity contribution is 6.38. The molecule has 1 aromatic carbocycles. The van der Waals surface area contributed by atoms with Gasteiger partial charge in [-0.1, -0.05) is 70.4 Å². The van der Waals surface area contributed by atoms with Gasteiger partial charge in [0, 0.05) is 19.5 Å². The smallest absolute Gasteiger partial charge is 0.289 e. The predicted octanol–water partition coefficient (Wildman–Crippen LogP) is 3.11. The van der Waals surface area contributed by atoms with E-state index in [4.69, 9.17) is 0 Å². The molecule has 1 heterocycles. The lowest BCUT2D eigenvalue weighted by molar-refractivity contribution is -0.145. The summed E-state index contributed by atoms with van der Waals surface area (Å²) in [6, 6.07) is 5.65. The van der Waals surface area contributed by atoms with Crippen molar-refractivity contribution in [2.45, 2.75) is 96.7 Å². The topological polar surface area (TPSA) is 125 Å². The molecule has 0 bridgehead atoms. The molecule has 5 rings (SSSR count). The number of nitrogens with one attached hydrogen (secondary N) is 3. The van der Waals surface area contributed by atoms with Crippen LogP contribution in [0.25, 0.3) is 0 Å². The second-order valence-electron chi connectivity index (χ2n) is 13.9. The Bertz CT molecular complexity index is 1280. The minimum Gasteiger partial charge on any atom is -0.346 e. The number of nitrogens with zero attached hydrogens (tertiary/aromatic N) is 1. The number of ketones is 1. The number of amides is 4. The van der Waals surface area contributed by atoms with Crippen molar-refractivity contribution in [1.29, 1.82) is 0 Å². The maximum Gasteiger partial charge on any atom is 0.289 e. The minimum absolute atomic E-state index is 0.0611. The fourth-order valence-electron chi connectivity index (χ4n) is 8.14. The zero-order valence-corrected chi connectivity index (χ0v) is 26.4. The molecule has 3 N–H and O–H groups in total. The lowest BCUT2D eigenvalue weighted by Crippen LogP contribution is -2.59. The Morgan fingerprint density at radius 1 is 1.05 bits per heavy atom. The van der Waals surface area contributed by atoms with Crippen molar-refractivity contribution in [3.05, 3.63) is 48.0 Å².